The summed E-state index contributed by atoms with van der Waals surface area (Å²) < 4.78 is 0. The second kappa shape index (κ2) is 2.33. The highest BCUT2D eigenvalue weighted by Gasteiger charge is 2.44. The fourth-order valence-corrected chi connectivity index (χ4v) is 0.581. The van der Waals surface area contributed by atoms with Gasteiger partial charge in [0.1, 0.15) is 5.60 Å². The Hall–Kier alpha value is -0.610. The summed E-state index contributed by atoms with van der Waals surface area (Å²) in [6, 6.07) is 0. The van der Waals surface area contributed by atoms with Gasteiger partial charge in [-0.05, 0) is 12.8 Å². The van der Waals surface area contributed by atoms with E-state index in [2.05, 4.69) is 5.48 Å². The van der Waals surface area contributed by atoms with E-state index in [0.717, 1.165) is 12.8 Å². The lowest BCUT2D eigenvalue weighted by atomic mass is 10.4. The molecule has 4 heteroatoms. The predicted molar refractivity (Wildman–Crippen MR) is 29.3 cm³/mol. The van der Waals surface area contributed by atoms with Crippen molar-refractivity contribution in [3.63, 3.8) is 0 Å². The third kappa shape index (κ3) is 1.40. The Morgan fingerprint density at radius 2 is 2.44 bits per heavy atom. The highest BCUT2D eigenvalue weighted by atomic mass is 16.7. The molecule has 0 atom stereocenters. The number of aliphatic hydroxyl groups is 1. The number of aliphatic hydroxyl groups excluding tert-OH is 1. The average molecular weight is 131 g/mol. The normalized spacial score (nSPS) is 21.0. The molecule has 0 heterocycles. The van der Waals surface area contributed by atoms with Gasteiger partial charge in [0.2, 0.25) is 6.41 Å². The van der Waals surface area contributed by atoms with Crippen molar-refractivity contribution in [3.05, 3.63) is 0 Å². The molecule has 1 rings (SSSR count). The Morgan fingerprint density at radius 3 is 2.78 bits per heavy atom. The summed E-state index contributed by atoms with van der Waals surface area (Å²) in [7, 11) is 0. The second-order valence-electron chi connectivity index (χ2n) is 2.18. The van der Waals surface area contributed by atoms with Crippen molar-refractivity contribution in [3.8, 4) is 0 Å². The van der Waals surface area contributed by atoms with Crippen LogP contribution in [0.2, 0.25) is 0 Å². The van der Waals surface area contributed by atoms with E-state index in [-0.39, 0.29) is 6.61 Å². The zero-order valence-electron chi connectivity index (χ0n) is 4.96. The Labute approximate surface area is 52.8 Å². The van der Waals surface area contributed by atoms with Gasteiger partial charge in [0.05, 0.1) is 6.61 Å². The Kier molecular flexibility index (Phi) is 1.68. The van der Waals surface area contributed by atoms with E-state index in [1.165, 1.54) is 0 Å². The van der Waals surface area contributed by atoms with Crippen LogP contribution in [0.1, 0.15) is 12.8 Å². The lowest BCUT2D eigenvalue weighted by Gasteiger charge is -2.09. The molecule has 0 spiro atoms. The van der Waals surface area contributed by atoms with E-state index < -0.39 is 5.60 Å². The molecule has 1 amide bonds. The van der Waals surface area contributed by atoms with Gasteiger partial charge in [0.15, 0.2) is 0 Å². The van der Waals surface area contributed by atoms with E-state index in [4.69, 9.17) is 9.94 Å². The highest BCUT2D eigenvalue weighted by molar-refractivity contribution is 5.44. The number of nitrogens with one attached hydrogen (secondary N) is 1. The largest absolute Gasteiger partial charge is 0.393 e. The number of amides is 1. The summed E-state index contributed by atoms with van der Waals surface area (Å²) in [6.45, 7) is -0.0200. The molecule has 0 aliphatic heterocycles. The van der Waals surface area contributed by atoms with Crippen molar-refractivity contribution in [2.75, 3.05) is 6.61 Å². The maximum absolute atomic E-state index is 9.68. The van der Waals surface area contributed by atoms with Crippen LogP contribution in [0, 0.1) is 0 Å². The number of carbonyl (C=O) groups excluding carboxylic acids is 1. The van der Waals surface area contributed by atoms with E-state index in [9.17, 15) is 4.79 Å². The van der Waals surface area contributed by atoms with Crippen molar-refractivity contribution in [1.29, 1.82) is 0 Å². The summed E-state index contributed by atoms with van der Waals surface area (Å²) in [5.41, 5.74) is 1.62. The van der Waals surface area contributed by atoms with Crippen molar-refractivity contribution < 1.29 is 14.7 Å². The summed E-state index contributed by atoms with van der Waals surface area (Å²) in [5, 5.41) is 8.60. The van der Waals surface area contributed by atoms with E-state index in [1.807, 2.05) is 0 Å². The monoisotopic (exact) mass is 131 g/mol. The van der Waals surface area contributed by atoms with Crippen LogP contribution >= 0.6 is 0 Å². The van der Waals surface area contributed by atoms with Crippen LogP contribution < -0.4 is 5.48 Å². The number of carbonyl (C=O) groups is 1. The van der Waals surface area contributed by atoms with Gasteiger partial charge in [-0.3, -0.25) is 9.63 Å². The van der Waals surface area contributed by atoms with Crippen LogP contribution in [-0.4, -0.2) is 23.7 Å². The fraction of sp³-hybridized carbons (Fsp3) is 0.800. The van der Waals surface area contributed by atoms with Gasteiger partial charge in [-0.25, -0.2) is 5.48 Å². The third-order valence-electron chi connectivity index (χ3n) is 1.42. The zero-order valence-corrected chi connectivity index (χ0v) is 4.96. The number of hydrogen-bond donors (Lipinski definition) is 2. The lowest BCUT2D eigenvalue weighted by Crippen LogP contribution is -2.27. The number of rotatable bonds is 4. The lowest BCUT2D eigenvalue weighted by molar-refractivity contribution is -0.130. The minimum Gasteiger partial charge on any atom is -0.393 e. The molecular formula is C5H9NO3. The molecule has 0 saturated heterocycles. The van der Waals surface area contributed by atoms with Crippen LogP contribution in [0.25, 0.3) is 0 Å². The smallest absolute Gasteiger partial charge is 0.230 e. The second-order valence-corrected chi connectivity index (χ2v) is 2.18. The molecule has 0 aromatic heterocycles. The van der Waals surface area contributed by atoms with Crippen molar-refractivity contribution in [1.82, 2.24) is 5.48 Å². The maximum Gasteiger partial charge on any atom is 0.230 e. The van der Waals surface area contributed by atoms with E-state index >= 15 is 0 Å². The topological polar surface area (TPSA) is 58.6 Å². The van der Waals surface area contributed by atoms with Gasteiger partial charge in [-0.15, -0.1) is 0 Å². The van der Waals surface area contributed by atoms with Gasteiger partial charge in [0, 0.05) is 0 Å². The molecule has 1 saturated carbocycles. The highest BCUT2D eigenvalue weighted by Crippen LogP contribution is 2.37. The molecule has 0 aromatic carbocycles. The Morgan fingerprint density at radius 1 is 1.78 bits per heavy atom. The molecular weight excluding hydrogens is 122 g/mol. The molecule has 0 aromatic rings. The Bertz CT molecular complexity index is 111. The quantitative estimate of drug-likeness (QED) is 0.387. The molecule has 1 aliphatic carbocycles. The van der Waals surface area contributed by atoms with Gasteiger partial charge >= 0.3 is 0 Å². The standard InChI is InChI=1S/C5H9NO3/c7-3-5(1-2-5)9-6-4-8/h4,7H,1-3H2,(H,6,8). The summed E-state index contributed by atoms with van der Waals surface area (Å²) in [5.74, 6) is 0. The van der Waals surface area contributed by atoms with Gasteiger partial charge in [0.25, 0.3) is 0 Å². The first kappa shape index (κ1) is 6.51. The van der Waals surface area contributed by atoms with Crippen molar-refractivity contribution in [2.24, 2.45) is 0 Å². The fourth-order valence-electron chi connectivity index (χ4n) is 0.581. The van der Waals surface area contributed by atoms with Crippen LogP contribution in [0.3, 0.4) is 0 Å². The summed E-state index contributed by atoms with van der Waals surface area (Å²) >= 11 is 0. The number of hydroxylamine groups is 1. The predicted octanol–water partition coefficient (Wildman–Crippen LogP) is -0.811. The van der Waals surface area contributed by atoms with E-state index in [0.29, 0.717) is 6.41 Å². The van der Waals surface area contributed by atoms with Crippen molar-refractivity contribution in [2.45, 2.75) is 18.4 Å². The molecule has 52 valence electrons. The average Bonchev–Trinajstić information content (AvgIpc) is 2.65. The first-order chi connectivity index (χ1) is 4.33. The van der Waals surface area contributed by atoms with Gasteiger partial charge < -0.3 is 5.11 Å². The zero-order chi connectivity index (χ0) is 6.74. The van der Waals surface area contributed by atoms with Crippen LogP contribution in [-0.2, 0) is 9.63 Å². The van der Waals surface area contributed by atoms with Crippen LogP contribution in [0.15, 0.2) is 0 Å². The molecule has 9 heavy (non-hydrogen) atoms. The summed E-state index contributed by atoms with van der Waals surface area (Å²) in [4.78, 5) is 14.4. The molecule has 2 N–H and O–H groups in total. The molecule has 0 radical (unpaired) electrons. The van der Waals surface area contributed by atoms with Crippen LogP contribution in [0.4, 0.5) is 0 Å². The summed E-state index contributed by atoms with van der Waals surface area (Å²) in [6.07, 6.45) is 2.10. The molecule has 0 unspecified atom stereocenters. The third-order valence-corrected chi connectivity index (χ3v) is 1.42. The Balaban J connectivity index is 2.17. The first-order valence-corrected chi connectivity index (χ1v) is 2.81. The minimum atomic E-state index is -0.444. The maximum atomic E-state index is 9.68. The van der Waals surface area contributed by atoms with Crippen LogP contribution in [0.5, 0.6) is 0 Å². The van der Waals surface area contributed by atoms with E-state index in [1.54, 1.807) is 0 Å². The molecule has 0 bridgehead atoms. The molecule has 1 fully saturated rings. The first-order valence-electron chi connectivity index (χ1n) is 2.81. The SMILES string of the molecule is O=CNOC1(CO)CC1. The molecule has 4 nitrogen and oxygen atoms in total. The minimum absolute atomic E-state index is 0.0200. The molecule has 1 aliphatic rings. The van der Waals surface area contributed by atoms with Gasteiger partial charge in [-0.1, -0.05) is 0 Å². The number of hydrogen-bond acceptors (Lipinski definition) is 3. The van der Waals surface area contributed by atoms with Gasteiger partial charge in [-0.2, -0.15) is 0 Å². The van der Waals surface area contributed by atoms with Crippen molar-refractivity contribution >= 4 is 6.41 Å².